The summed E-state index contributed by atoms with van der Waals surface area (Å²) in [7, 11) is 3.10. The summed E-state index contributed by atoms with van der Waals surface area (Å²) in [5.74, 6) is -5.31. The molecule has 1 aromatic carbocycles. The lowest BCUT2D eigenvalue weighted by Crippen LogP contribution is -2.62. The van der Waals surface area contributed by atoms with E-state index < -0.39 is 93.3 Å². The van der Waals surface area contributed by atoms with E-state index in [1.54, 1.807) is 86.0 Å². The SMILES string of the molecule is CN(C)C(=O)C(NC(=O)CNC(=O)C(=O)[C@H](CC1CC1)NC(=O)[C@@H]1[C@@H]2[C@H](CN1C(=O)[C@@H](NC(=O)NC(C)(C)C)C(C)(C)C)C2(Cl)Cl)c1ccccc1. The molecule has 4 rings (SSSR count). The summed E-state index contributed by atoms with van der Waals surface area (Å²) in [4.78, 5) is 96.0. The van der Waals surface area contributed by atoms with Gasteiger partial charge in [0, 0.05) is 38.0 Å². The zero-order chi connectivity index (χ0) is 38.9. The molecule has 286 valence electrons. The zero-order valence-corrected chi connectivity index (χ0v) is 32.5. The molecule has 2 saturated carbocycles. The molecule has 0 radical (unpaired) electrons. The number of carbonyl (C=O) groups is 7. The number of urea groups is 1. The van der Waals surface area contributed by atoms with Crippen LogP contribution in [0, 0.1) is 23.2 Å². The number of hydrogen-bond donors (Lipinski definition) is 5. The summed E-state index contributed by atoms with van der Waals surface area (Å²) >= 11 is 13.1. The van der Waals surface area contributed by atoms with Gasteiger partial charge in [-0.15, -0.1) is 23.2 Å². The number of hydrogen-bond acceptors (Lipinski definition) is 7. The van der Waals surface area contributed by atoms with E-state index in [9.17, 15) is 33.6 Å². The second-order valence-electron chi connectivity index (χ2n) is 16.3. The number of amides is 7. The van der Waals surface area contributed by atoms with E-state index in [4.69, 9.17) is 23.2 Å². The number of Topliss-reactive ketones (excluding diaryl/α,β-unsaturated/α-hetero) is 1. The second-order valence-corrected chi connectivity index (χ2v) is 17.8. The summed E-state index contributed by atoms with van der Waals surface area (Å²) in [5.41, 5.74) is -0.786. The number of halogens is 2. The highest BCUT2D eigenvalue weighted by molar-refractivity contribution is 6.51. The molecule has 14 nitrogen and oxygen atoms in total. The smallest absolute Gasteiger partial charge is 0.315 e. The number of ketones is 1. The Morgan fingerprint density at radius 3 is 2.08 bits per heavy atom. The first-order chi connectivity index (χ1) is 24.0. The Morgan fingerprint density at radius 2 is 1.54 bits per heavy atom. The minimum absolute atomic E-state index is 0.0564. The van der Waals surface area contributed by atoms with Gasteiger partial charge < -0.3 is 36.4 Å². The largest absolute Gasteiger partial charge is 0.347 e. The molecule has 0 aromatic heterocycles. The first kappa shape index (κ1) is 40.9. The molecule has 2 aliphatic carbocycles. The predicted octanol–water partition coefficient (Wildman–Crippen LogP) is 2.05. The predicted molar refractivity (Wildman–Crippen MR) is 195 cm³/mol. The second kappa shape index (κ2) is 15.6. The molecule has 1 unspecified atom stereocenters. The van der Waals surface area contributed by atoms with Gasteiger partial charge >= 0.3 is 6.03 Å². The van der Waals surface area contributed by atoms with Crippen LogP contribution in [0.15, 0.2) is 30.3 Å². The lowest BCUT2D eigenvalue weighted by atomic mass is 9.85. The molecule has 3 aliphatic rings. The van der Waals surface area contributed by atoms with Crippen molar-refractivity contribution >= 4 is 64.6 Å². The van der Waals surface area contributed by atoms with E-state index in [0.717, 1.165) is 12.8 Å². The zero-order valence-electron chi connectivity index (χ0n) is 31.0. The molecule has 6 atom stereocenters. The number of rotatable bonds is 13. The van der Waals surface area contributed by atoms with Crippen LogP contribution in [0.25, 0.3) is 0 Å². The molecule has 16 heteroatoms. The third kappa shape index (κ3) is 9.94. The Balaban J connectivity index is 1.46. The fourth-order valence-corrected chi connectivity index (χ4v) is 7.27. The molecule has 7 amide bonds. The van der Waals surface area contributed by atoms with E-state index in [-0.39, 0.29) is 24.8 Å². The third-order valence-electron chi connectivity index (χ3n) is 9.42. The number of likely N-dealkylation sites (tertiary alicyclic amines) is 1. The van der Waals surface area contributed by atoms with Gasteiger partial charge in [0.2, 0.25) is 29.4 Å². The van der Waals surface area contributed by atoms with E-state index >= 15 is 0 Å². The lowest BCUT2D eigenvalue weighted by molar-refractivity contribution is -0.145. The summed E-state index contributed by atoms with van der Waals surface area (Å²) in [6.07, 6.45) is 1.80. The number of piperidine rings is 1. The van der Waals surface area contributed by atoms with Crippen molar-refractivity contribution in [2.75, 3.05) is 27.2 Å². The van der Waals surface area contributed by atoms with E-state index in [1.165, 1.54) is 9.80 Å². The average Bonchev–Trinajstić information content (AvgIpc) is 3.90. The van der Waals surface area contributed by atoms with Crippen LogP contribution in [0.2, 0.25) is 0 Å². The third-order valence-corrected chi connectivity index (χ3v) is 10.5. The normalized spacial score (nSPS) is 22.1. The molecule has 0 spiro atoms. The molecule has 1 aromatic rings. The van der Waals surface area contributed by atoms with Crippen LogP contribution in [0.1, 0.15) is 72.4 Å². The number of fused-ring (bicyclic) bond motifs is 1. The van der Waals surface area contributed by atoms with Gasteiger partial charge in [0.1, 0.15) is 22.5 Å². The Kier molecular flexibility index (Phi) is 12.3. The fourth-order valence-electron chi connectivity index (χ4n) is 6.44. The minimum atomic E-state index is -1.28. The number of benzene rings is 1. The van der Waals surface area contributed by atoms with Crippen LogP contribution in [0.3, 0.4) is 0 Å². The molecular formula is C36H51Cl2N7O7. The van der Waals surface area contributed by atoms with Gasteiger partial charge in [-0.05, 0) is 44.1 Å². The molecule has 1 saturated heterocycles. The highest BCUT2D eigenvalue weighted by Gasteiger charge is 2.74. The van der Waals surface area contributed by atoms with Crippen LogP contribution in [0.5, 0.6) is 0 Å². The first-order valence-corrected chi connectivity index (χ1v) is 18.2. The molecule has 1 heterocycles. The highest BCUT2D eigenvalue weighted by atomic mass is 35.5. The number of likely N-dealkylation sites (N-methyl/N-ethyl adjacent to an activating group) is 1. The quantitative estimate of drug-likeness (QED) is 0.150. The van der Waals surface area contributed by atoms with E-state index in [1.807, 2.05) is 0 Å². The maximum atomic E-state index is 14.1. The Hall–Kier alpha value is -3.91. The van der Waals surface area contributed by atoms with Gasteiger partial charge in [0.05, 0.1) is 12.6 Å². The standard InChI is InChI=1S/C36H51Cl2N7O7/c1-34(2,3)28(42-33(52)43-35(4,5)6)32(51)45-18-21-24(36(21,37)38)26(45)29(48)40-22(16-19-14-15-19)27(47)30(49)39-17-23(46)41-25(31(50)44(7)8)20-12-10-9-11-13-20/h9-13,19,21-22,24-26,28H,14-18H2,1-8H3,(H,39,49)(H,40,48)(H,41,46)(H2,42,43,52)/t21-,22-,24-,25?,26-,28+/m0/s1. The maximum Gasteiger partial charge on any atom is 0.315 e. The van der Waals surface area contributed by atoms with Crippen molar-refractivity contribution in [2.45, 2.75) is 94.8 Å². The molecular weight excluding hydrogens is 713 g/mol. The summed E-state index contributed by atoms with van der Waals surface area (Å²) < 4.78 is -1.28. The number of alkyl halides is 2. The molecule has 5 N–H and O–H groups in total. The first-order valence-electron chi connectivity index (χ1n) is 17.5. The topological polar surface area (TPSA) is 186 Å². The van der Waals surface area contributed by atoms with Crippen LogP contribution < -0.4 is 26.6 Å². The van der Waals surface area contributed by atoms with Crippen molar-refractivity contribution in [2.24, 2.45) is 23.2 Å². The van der Waals surface area contributed by atoms with Crippen LogP contribution >= 0.6 is 23.2 Å². The maximum absolute atomic E-state index is 14.1. The fraction of sp³-hybridized carbons (Fsp3) is 0.639. The van der Waals surface area contributed by atoms with Crippen LogP contribution in [-0.4, -0.2) is 106 Å². The minimum Gasteiger partial charge on any atom is -0.347 e. The van der Waals surface area contributed by atoms with E-state index in [2.05, 4.69) is 26.6 Å². The van der Waals surface area contributed by atoms with Gasteiger partial charge in [0.15, 0.2) is 0 Å². The van der Waals surface area contributed by atoms with Crippen molar-refractivity contribution in [3.8, 4) is 0 Å². The van der Waals surface area contributed by atoms with Gasteiger partial charge in [-0.25, -0.2) is 4.79 Å². The van der Waals surface area contributed by atoms with Crippen LogP contribution in [0.4, 0.5) is 4.79 Å². The Bertz CT molecular complexity index is 1570. The lowest BCUT2D eigenvalue weighted by Gasteiger charge is -2.38. The van der Waals surface area contributed by atoms with Crippen molar-refractivity contribution in [1.82, 2.24) is 36.4 Å². The van der Waals surface area contributed by atoms with Gasteiger partial charge in [-0.1, -0.05) is 63.9 Å². The summed E-state index contributed by atoms with van der Waals surface area (Å²) in [6.45, 7) is 10.2. The van der Waals surface area contributed by atoms with Crippen molar-refractivity contribution in [3.63, 3.8) is 0 Å². The molecule has 1 aliphatic heterocycles. The average molecular weight is 765 g/mol. The monoisotopic (exact) mass is 763 g/mol. The number of nitrogens with one attached hydrogen (secondary N) is 5. The van der Waals surface area contributed by atoms with Gasteiger partial charge in [-0.2, -0.15) is 0 Å². The molecule has 3 fully saturated rings. The van der Waals surface area contributed by atoms with Gasteiger partial charge in [-0.3, -0.25) is 28.8 Å². The summed E-state index contributed by atoms with van der Waals surface area (Å²) in [5, 5.41) is 13.2. The number of nitrogens with zero attached hydrogens (tertiary/aromatic N) is 2. The molecule has 52 heavy (non-hydrogen) atoms. The van der Waals surface area contributed by atoms with Crippen molar-refractivity contribution in [1.29, 1.82) is 0 Å². The highest BCUT2D eigenvalue weighted by Crippen LogP contribution is 2.65. The van der Waals surface area contributed by atoms with Crippen LogP contribution in [-0.2, 0) is 28.8 Å². The van der Waals surface area contributed by atoms with Gasteiger partial charge in [0.25, 0.3) is 5.91 Å². The van der Waals surface area contributed by atoms with E-state index in [0.29, 0.717) is 5.56 Å². The Morgan fingerprint density at radius 1 is 0.923 bits per heavy atom. The summed E-state index contributed by atoms with van der Waals surface area (Å²) in [6, 6.07) is 3.58. The Labute approximate surface area is 314 Å². The number of carbonyl (C=O) groups excluding carboxylic acids is 7. The van der Waals surface area contributed by atoms with Crippen molar-refractivity contribution in [3.05, 3.63) is 35.9 Å². The van der Waals surface area contributed by atoms with Crippen molar-refractivity contribution < 1.29 is 33.6 Å². The molecule has 0 bridgehead atoms.